The van der Waals surface area contributed by atoms with Crippen LogP contribution in [-0.4, -0.2) is 21.3 Å². The fraction of sp³-hybridized carbons (Fsp3) is 0.0417. The average Bonchev–Trinajstić information content (AvgIpc) is 3.09. The summed E-state index contributed by atoms with van der Waals surface area (Å²) in [7, 11) is -2.48. The van der Waals surface area contributed by atoms with Crippen LogP contribution in [0.4, 0.5) is 0 Å². The van der Waals surface area contributed by atoms with Crippen molar-refractivity contribution in [2.45, 2.75) is 4.90 Å². The normalized spacial score (nSPS) is 14.4. The molecule has 0 spiro atoms. The minimum absolute atomic E-state index is 0.0253. The molecule has 6 nitrogen and oxygen atoms in total. The predicted molar refractivity (Wildman–Crippen MR) is 121 cm³/mol. The zero-order valence-electron chi connectivity index (χ0n) is 16.8. The van der Waals surface area contributed by atoms with E-state index in [0.29, 0.717) is 16.3 Å². The summed E-state index contributed by atoms with van der Waals surface area (Å²) in [4.78, 5) is 12.5. The van der Waals surface area contributed by atoms with E-state index in [1.165, 1.54) is 42.5 Å². The topological polar surface area (TPSA) is 78.9 Å². The number of allylic oxidation sites excluding steroid dienone is 3. The van der Waals surface area contributed by atoms with Gasteiger partial charge in [0.1, 0.15) is 22.1 Å². The quantitative estimate of drug-likeness (QED) is 0.361. The van der Waals surface area contributed by atoms with Gasteiger partial charge in [-0.1, -0.05) is 42.0 Å². The van der Waals surface area contributed by atoms with Crippen molar-refractivity contribution in [1.29, 1.82) is 0 Å². The Labute approximate surface area is 190 Å². The molecule has 1 aliphatic rings. The number of methoxy groups -OCH3 is 1. The Morgan fingerprint density at radius 3 is 2.50 bits per heavy atom. The summed E-state index contributed by atoms with van der Waals surface area (Å²) in [5.74, 6) is 0.751. The van der Waals surface area contributed by atoms with Crippen molar-refractivity contribution in [2.24, 2.45) is 0 Å². The second-order valence-electron chi connectivity index (χ2n) is 6.71. The number of ether oxygens (including phenoxy) is 2. The number of rotatable bonds is 6. The van der Waals surface area contributed by atoms with Crippen LogP contribution in [0, 0.1) is 0 Å². The van der Waals surface area contributed by atoms with Crippen molar-refractivity contribution in [3.8, 4) is 17.2 Å². The molecule has 0 bridgehead atoms. The molecule has 3 aromatic carbocycles. The molecule has 0 fully saturated rings. The highest BCUT2D eigenvalue weighted by Crippen LogP contribution is 2.35. The molecule has 0 N–H and O–H groups in total. The van der Waals surface area contributed by atoms with Gasteiger partial charge in [-0.15, -0.1) is 0 Å². The molecule has 162 valence electrons. The molecule has 32 heavy (non-hydrogen) atoms. The van der Waals surface area contributed by atoms with E-state index in [2.05, 4.69) is 0 Å². The van der Waals surface area contributed by atoms with Crippen LogP contribution in [0.1, 0.15) is 15.9 Å². The number of benzene rings is 3. The lowest BCUT2D eigenvalue weighted by molar-refractivity contribution is 0.101. The van der Waals surface area contributed by atoms with Gasteiger partial charge in [0.2, 0.25) is 5.78 Å². The molecule has 8 heteroatoms. The summed E-state index contributed by atoms with van der Waals surface area (Å²) in [5, 5.41) is 0.410. The number of para-hydroxylation sites is 1. The van der Waals surface area contributed by atoms with Crippen molar-refractivity contribution in [3.63, 3.8) is 0 Å². The van der Waals surface area contributed by atoms with Gasteiger partial charge >= 0.3 is 10.1 Å². The van der Waals surface area contributed by atoms with Gasteiger partial charge in [0.25, 0.3) is 0 Å². The van der Waals surface area contributed by atoms with E-state index in [-0.39, 0.29) is 27.9 Å². The Bertz CT molecular complexity index is 1340. The van der Waals surface area contributed by atoms with Gasteiger partial charge in [0.05, 0.1) is 12.7 Å². The molecule has 0 saturated heterocycles. The molecule has 3 aromatic rings. The first kappa shape index (κ1) is 21.7. The maximum Gasteiger partial charge on any atom is 0.339 e. The molecule has 0 atom stereocenters. The van der Waals surface area contributed by atoms with Crippen molar-refractivity contribution in [1.82, 2.24) is 0 Å². The SMILES string of the molecule is COc1ccccc1/C=C/C=C1\Oc2cc(OS(=O)(=O)c3ccc(Cl)cc3)ccc2C1=O. The zero-order chi connectivity index (χ0) is 22.7. The smallest absolute Gasteiger partial charge is 0.339 e. The number of Topliss-reactive ketones (excluding diaryl/α,β-unsaturated/α-hetero) is 1. The van der Waals surface area contributed by atoms with Crippen LogP contribution in [0.25, 0.3) is 6.08 Å². The molecule has 0 saturated carbocycles. The number of fused-ring (bicyclic) bond motifs is 1. The lowest BCUT2D eigenvalue weighted by Gasteiger charge is -2.08. The van der Waals surface area contributed by atoms with E-state index in [4.69, 9.17) is 25.3 Å². The standard InChI is InChI=1S/C24H17ClO6S/c1-29-21-7-3-2-5-16(21)6-4-8-22-24(26)20-14-11-18(15-23(20)30-22)31-32(27,28)19-12-9-17(25)10-13-19/h2-15H,1H3/b6-4+,22-8-. The number of carbonyl (C=O) groups excluding carboxylic acids is 1. The van der Waals surface area contributed by atoms with Gasteiger partial charge in [-0.25, -0.2) is 0 Å². The van der Waals surface area contributed by atoms with E-state index in [1.807, 2.05) is 24.3 Å². The van der Waals surface area contributed by atoms with Crippen LogP contribution in [0.5, 0.6) is 17.2 Å². The van der Waals surface area contributed by atoms with E-state index >= 15 is 0 Å². The van der Waals surface area contributed by atoms with Gasteiger partial charge in [-0.05, 0) is 48.5 Å². The predicted octanol–water partition coefficient (Wildman–Crippen LogP) is 5.29. The first-order valence-corrected chi connectivity index (χ1v) is 11.2. The maximum atomic E-state index is 12.6. The summed E-state index contributed by atoms with van der Waals surface area (Å²) in [6.07, 6.45) is 5.01. The first-order chi connectivity index (χ1) is 15.4. The summed E-state index contributed by atoms with van der Waals surface area (Å²) in [6, 6.07) is 17.3. The average molecular weight is 469 g/mol. The Hall–Kier alpha value is -3.55. The highest BCUT2D eigenvalue weighted by Gasteiger charge is 2.28. The maximum absolute atomic E-state index is 12.6. The van der Waals surface area contributed by atoms with Crippen molar-refractivity contribution in [3.05, 3.63) is 101 Å². The second-order valence-corrected chi connectivity index (χ2v) is 8.70. The number of hydrogen-bond donors (Lipinski definition) is 0. The van der Waals surface area contributed by atoms with Crippen LogP contribution in [0.2, 0.25) is 5.02 Å². The summed E-state index contributed by atoms with van der Waals surface area (Å²) >= 11 is 5.80. The van der Waals surface area contributed by atoms with Crippen molar-refractivity contribution < 1.29 is 26.9 Å². The van der Waals surface area contributed by atoms with Gasteiger partial charge in [-0.3, -0.25) is 4.79 Å². The Morgan fingerprint density at radius 1 is 1.00 bits per heavy atom. The molecule has 0 aromatic heterocycles. The molecule has 0 radical (unpaired) electrons. The highest BCUT2D eigenvalue weighted by atomic mass is 35.5. The fourth-order valence-electron chi connectivity index (χ4n) is 3.05. The largest absolute Gasteiger partial charge is 0.496 e. The molecule has 0 amide bonds. The summed E-state index contributed by atoms with van der Waals surface area (Å²) in [5.41, 5.74) is 1.16. The van der Waals surface area contributed by atoms with Gasteiger partial charge in [0.15, 0.2) is 5.76 Å². The Morgan fingerprint density at radius 2 is 1.75 bits per heavy atom. The third kappa shape index (κ3) is 4.54. The lowest BCUT2D eigenvalue weighted by atomic mass is 10.1. The third-order valence-corrected chi connectivity index (χ3v) is 6.13. The monoisotopic (exact) mass is 468 g/mol. The Kier molecular flexibility index (Phi) is 6.03. The van der Waals surface area contributed by atoms with E-state index in [9.17, 15) is 13.2 Å². The van der Waals surface area contributed by atoms with Gasteiger partial charge in [0, 0.05) is 16.7 Å². The van der Waals surface area contributed by atoms with Crippen LogP contribution in [0.3, 0.4) is 0 Å². The number of halogens is 1. The fourth-order valence-corrected chi connectivity index (χ4v) is 4.10. The highest BCUT2D eigenvalue weighted by molar-refractivity contribution is 7.87. The Balaban J connectivity index is 1.52. The van der Waals surface area contributed by atoms with Crippen LogP contribution in [0.15, 0.2) is 89.5 Å². The minimum atomic E-state index is -4.06. The minimum Gasteiger partial charge on any atom is -0.496 e. The molecular formula is C24H17ClO6S. The van der Waals surface area contributed by atoms with Crippen molar-refractivity contribution in [2.75, 3.05) is 7.11 Å². The van der Waals surface area contributed by atoms with Gasteiger partial charge < -0.3 is 13.7 Å². The molecule has 0 aliphatic carbocycles. The third-order valence-electron chi connectivity index (χ3n) is 4.61. The molecule has 1 heterocycles. The molecule has 4 rings (SSSR count). The molecule has 1 aliphatic heterocycles. The van der Waals surface area contributed by atoms with Crippen molar-refractivity contribution >= 4 is 33.6 Å². The molecular weight excluding hydrogens is 452 g/mol. The summed E-state index contributed by atoms with van der Waals surface area (Å²) in [6.45, 7) is 0. The van der Waals surface area contributed by atoms with E-state index in [1.54, 1.807) is 25.3 Å². The van der Waals surface area contributed by atoms with Crippen LogP contribution in [-0.2, 0) is 10.1 Å². The zero-order valence-corrected chi connectivity index (χ0v) is 18.4. The number of ketones is 1. The first-order valence-electron chi connectivity index (χ1n) is 9.45. The van der Waals surface area contributed by atoms with Crippen LogP contribution < -0.4 is 13.7 Å². The van der Waals surface area contributed by atoms with E-state index < -0.39 is 10.1 Å². The molecule has 0 unspecified atom stereocenters. The number of carbonyl (C=O) groups is 1. The van der Waals surface area contributed by atoms with Crippen LogP contribution >= 0.6 is 11.6 Å². The lowest BCUT2D eigenvalue weighted by Crippen LogP contribution is -2.09. The second kappa shape index (κ2) is 8.90. The number of hydrogen-bond acceptors (Lipinski definition) is 6. The van der Waals surface area contributed by atoms with E-state index in [0.717, 1.165) is 5.56 Å². The summed E-state index contributed by atoms with van der Waals surface area (Å²) < 4.78 is 41.0. The van der Waals surface area contributed by atoms with Gasteiger partial charge in [-0.2, -0.15) is 8.42 Å².